The van der Waals surface area contributed by atoms with Crippen molar-refractivity contribution in [2.24, 2.45) is 0 Å². The highest BCUT2D eigenvalue weighted by molar-refractivity contribution is 5.83. The molecular weight excluding hydrogens is 310 g/mol. The Balaban J connectivity index is 1.63. The first-order chi connectivity index (χ1) is 12.2. The lowest BCUT2D eigenvalue weighted by molar-refractivity contribution is 0.748. The number of para-hydroxylation sites is 1. The van der Waals surface area contributed by atoms with E-state index >= 15 is 0 Å². The molecule has 0 saturated carbocycles. The molecule has 0 radical (unpaired) electrons. The summed E-state index contributed by atoms with van der Waals surface area (Å²) in [6.07, 6.45) is 5.37. The smallest absolute Gasteiger partial charge is 0.227 e. The van der Waals surface area contributed by atoms with Gasteiger partial charge >= 0.3 is 0 Å². The van der Waals surface area contributed by atoms with Gasteiger partial charge < -0.3 is 15.2 Å². The van der Waals surface area contributed by atoms with Crippen LogP contribution >= 0.6 is 0 Å². The summed E-state index contributed by atoms with van der Waals surface area (Å²) in [5.74, 6) is 1.69. The molecule has 132 valence electrons. The van der Waals surface area contributed by atoms with Gasteiger partial charge in [0.2, 0.25) is 5.95 Å². The maximum absolute atomic E-state index is 4.66. The SMILES string of the molecule is CCCCN(C)c1nc(C)cc(NCCc2c[nH]c3ccccc23)n1. The number of anilines is 2. The second-order valence-corrected chi connectivity index (χ2v) is 6.51. The average molecular weight is 337 g/mol. The molecule has 3 aromatic rings. The van der Waals surface area contributed by atoms with E-state index < -0.39 is 0 Å². The highest BCUT2D eigenvalue weighted by Crippen LogP contribution is 2.18. The standard InChI is InChI=1S/C20H27N5/c1-4-5-12-25(3)20-23-15(2)13-19(24-20)21-11-10-16-14-22-18-9-7-6-8-17(16)18/h6-9,13-14,22H,4-5,10-12H2,1-3H3,(H,21,23,24). The van der Waals surface area contributed by atoms with E-state index in [1.807, 2.05) is 13.0 Å². The van der Waals surface area contributed by atoms with Gasteiger partial charge in [-0.1, -0.05) is 31.5 Å². The summed E-state index contributed by atoms with van der Waals surface area (Å²) < 4.78 is 0. The van der Waals surface area contributed by atoms with Gasteiger partial charge in [0.15, 0.2) is 0 Å². The van der Waals surface area contributed by atoms with Gasteiger partial charge in [-0.15, -0.1) is 0 Å². The molecule has 2 N–H and O–H groups in total. The van der Waals surface area contributed by atoms with E-state index in [1.165, 1.54) is 22.9 Å². The molecule has 0 spiro atoms. The maximum atomic E-state index is 4.66. The number of H-pyrrole nitrogens is 1. The molecule has 0 amide bonds. The zero-order valence-electron chi connectivity index (χ0n) is 15.3. The summed E-state index contributed by atoms with van der Waals surface area (Å²) in [5, 5.41) is 4.74. The second kappa shape index (κ2) is 8.01. The third kappa shape index (κ3) is 4.29. The summed E-state index contributed by atoms with van der Waals surface area (Å²) in [4.78, 5) is 14.7. The van der Waals surface area contributed by atoms with Gasteiger partial charge in [-0.2, -0.15) is 4.98 Å². The lowest BCUT2D eigenvalue weighted by atomic mass is 10.1. The van der Waals surface area contributed by atoms with Crippen molar-refractivity contribution in [3.8, 4) is 0 Å². The average Bonchev–Trinajstić information content (AvgIpc) is 3.02. The third-order valence-corrected chi connectivity index (χ3v) is 4.41. The number of aryl methyl sites for hydroxylation is 1. The Bertz CT molecular complexity index is 824. The Morgan fingerprint density at radius 1 is 1.20 bits per heavy atom. The molecule has 0 fully saturated rings. The number of fused-ring (bicyclic) bond motifs is 1. The van der Waals surface area contributed by atoms with Crippen LogP contribution in [0.2, 0.25) is 0 Å². The highest BCUT2D eigenvalue weighted by atomic mass is 15.2. The molecule has 0 unspecified atom stereocenters. The predicted octanol–water partition coefficient (Wildman–Crippen LogP) is 4.16. The molecular formula is C20H27N5. The van der Waals surface area contributed by atoms with Gasteiger partial charge in [-0.3, -0.25) is 0 Å². The van der Waals surface area contributed by atoms with Gasteiger partial charge in [0.05, 0.1) is 0 Å². The van der Waals surface area contributed by atoms with Crippen LogP contribution in [0.5, 0.6) is 0 Å². The number of hydrogen-bond donors (Lipinski definition) is 2. The number of benzene rings is 1. The minimum absolute atomic E-state index is 0.794. The van der Waals surface area contributed by atoms with Gasteiger partial charge in [0, 0.05) is 49.0 Å². The fraction of sp³-hybridized carbons (Fsp3) is 0.400. The van der Waals surface area contributed by atoms with Crippen molar-refractivity contribution in [2.75, 3.05) is 30.4 Å². The van der Waals surface area contributed by atoms with Crippen LogP contribution in [0.15, 0.2) is 36.5 Å². The molecule has 5 heteroatoms. The van der Waals surface area contributed by atoms with Gasteiger partial charge in [-0.05, 0) is 31.4 Å². The minimum Gasteiger partial charge on any atom is -0.370 e. The summed E-state index contributed by atoms with van der Waals surface area (Å²) in [6.45, 7) is 6.04. The van der Waals surface area contributed by atoms with Gasteiger partial charge in [-0.25, -0.2) is 4.98 Å². The van der Waals surface area contributed by atoms with Crippen LogP contribution in [-0.2, 0) is 6.42 Å². The van der Waals surface area contributed by atoms with E-state index in [2.05, 4.69) is 69.6 Å². The summed E-state index contributed by atoms with van der Waals surface area (Å²) in [6, 6.07) is 10.4. The molecule has 0 atom stereocenters. The lowest BCUT2D eigenvalue weighted by Gasteiger charge is -2.18. The first kappa shape index (κ1) is 17.3. The van der Waals surface area contributed by atoms with Crippen LogP contribution in [0.25, 0.3) is 10.9 Å². The molecule has 0 aliphatic carbocycles. The van der Waals surface area contributed by atoms with Crippen molar-refractivity contribution in [3.63, 3.8) is 0 Å². The summed E-state index contributed by atoms with van der Waals surface area (Å²) >= 11 is 0. The Kier molecular flexibility index (Phi) is 5.53. The molecule has 0 saturated heterocycles. The van der Waals surface area contributed by atoms with Crippen LogP contribution in [0.1, 0.15) is 31.0 Å². The van der Waals surface area contributed by atoms with Crippen LogP contribution in [0.4, 0.5) is 11.8 Å². The number of unbranched alkanes of at least 4 members (excludes halogenated alkanes) is 1. The molecule has 2 heterocycles. The van der Waals surface area contributed by atoms with Crippen molar-refractivity contribution in [3.05, 3.63) is 47.8 Å². The number of aromatic amines is 1. The zero-order valence-corrected chi connectivity index (χ0v) is 15.3. The molecule has 3 rings (SSSR count). The Morgan fingerprint density at radius 3 is 2.88 bits per heavy atom. The van der Waals surface area contributed by atoms with E-state index in [0.29, 0.717) is 0 Å². The third-order valence-electron chi connectivity index (χ3n) is 4.41. The van der Waals surface area contributed by atoms with E-state index in [-0.39, 0.29) is 0 Å². The van der Waals surface area contributed by atoms with E-state index in [9.17, 15) is 0 Å². The van der Waals surface area contributed by atoms with Crippen molar-refractivity contribution >= 4 is 22.7 Å². The van der Waals surface area contributed by atoms with Crippen LogP contribution in [-0.4, -0.2) is 35.1 Å². The largest absolute Gasteiger partial charge is 0.370 e. The molecule has 0 aliphatic rings. The lowest BCUT2D eigenvalue weighted by Crippen LogP contribution is -2.22. The van der Waals surface area contributed by atoms with Gasteiger partial charge in [0.1, 0.15) is 5.82 Å². The van der Waals surface area contributed by atoms with E-state index in [4.69, 9.17) is 0 Å². The quantitative estimate of drug-likeness (QED) is 0.648. The van der Waals surface area contributed by atoms with Crippen molar-refractivity contribution in [1.82, 2.24) is 15.0 Å². The van der Waals surface area contributed by atoms with Crippen molar-refractivity contribution < 1.29 is 0 Å². The van der Waals surface area contributed by atoms with Gasteiger partial charge in [0.25, 0.3) is 0 Å². The highest BCUT2D eigenvalue weighted by Gasteiger charge is 2.08. The summed E-state index contributed by atoms with van der Waals surface area (Å²) in [5.41, 5.74) is 3.51. The maximum Gasteiger partial charge on any atom is 0.227 e. The molecule has 0 aliphatic heterocycles. The van der Waals surface area contributed by atoms with Crippen molar-refractivity contribution in [2.45, 2.75) is 33.1 Å². The van der Waals surface area contributed by atoms with E-state index in [0.717, 1.165) is 43.4 Å². The van der Waals surface area contributed by atoms with Crippen LogP contribution in [0.3, 0.4) is 0 Å². The molecule has 25 heavy (non-hydrogen) atoms. The first-order valence-electron chi connectivity index (χ1n) is 9.03. The summed E-state index contributed by atoms with van der Waals surface area (Å²) in [7, 11) is 2.06. The molecule has 5 nitrogen and oxygen atoms in total. The number of rotatable bonds is 8. The Morgan fingerprint density at radius 2 is 2.04 bits per heavy atom. The molecule has 0 bridgehead atoms. The molecule has 1 aromatic carbocycles. The first-order valence-corrected chi connectivity index (χ1v) is 9.03. The van der Waals surface area contributed by atoms with Crippen LogP contribution < -0.4 is 10.2 Å². The Labute approximate surface area is 149 Å². The fourth-order valence-corrected chi connectivity index (χ4v) is 2.97. The monoisotopic (exact) mass is 337 g/mol. The fourth-order valence-electron chi connectivity index (χ4n) is 2.97. The Hall–Kier alpha value is -2.56. The topological polar surface area (TPSA) is 56.8 Å². The number of aromatic nitrogens is 3. The second-order valence-electron chi connectivity index (χ2n) is 6.51. The zero-order chi connectivity index (χ0) is 17.6. The number of nitrogens with one attached hydrogen (secondary N) is 2. The van der Waals surface area contributed by atoms with Crippen molar-refractivity contribution in [1.29, 1.82) is 0 Å². The minimum atomic E-state index is 0.794. The predicted molar refractivity (Wildman–Crippen MR) is 105 cm³/mol. The van der Waals surface area contributed by atoms with Crippen LogP contribution in [0, 0.1) is 6.92 Å². The number of hydrogen-bond acceptors (Lipinski definition) is 4. The van der Waals surface area contributed by atoms with E-state index in [1.54, 1.807) is 0 Å². The normalized spacial score (nSPS) is 11.0. The molecule has 2 aromatic heterocycles. The number of nitrogens with zero attached hydrogens (tertiary/aromatic N) is 3.